The van der Waals surface area contributed by atoms with Gasteiger partial charge in [-0.3, -0.25) is 15.2 Å². The topological polar surface area (TPSA) is 76.5 Å². The van der Waals surface area contributed by atoms with Gasteiger partial charge in [0.05, 0.1) is 30.5 Å². The van der Waals surface area contributed by atoms with E-state index in [1.54, 1.807) is 42.9 Å². The van der Waals surface area contributed by atoms with Crippen molar-refractivity contribution in [3.05, 3.63) is 52.9 Å². The molecule has 25 heavy (non-hydrogen) atoms. The lowest BCUT2D eigenvalue weighted by Crippen LogP contribution is -2.07. The largest absolute Gasteiger partial charge is 0.466 e. The smallest absolute Gasteiger partial charge is 0.311 e. The Labute approximate surface area is 147 Å². The van der Waals surface area contributed by atoms with Crippen LogP contribution in [0.5, 0.6) is 0 Å². The van der Waals surface area contributed by atoms with Gasteiger partial charge in [0, 0.05) is 22.5 Å². The van der Waals surface area contributed by atoms with Gasteiger partial charge in [0.15, 0.2) is 0 Å². The molecule has 0 bridgehead atoms. The monoisotopic (exact) mass is 358 g/mol. The van der Waals surface area contributed by atoms with Gasteiger partial charge in [-0.25, -0.2) is 9.37 Å². The maximum Gasteiger partial charge on any atom is 0.311 e. The molecule has 1 N–H and O–H groups in total. The predicted octanol–water partition coefficient (Wildman–Crippen LogP) is 3.38. The van der Waals surface area contributed by atoms with Crippen LogP contribution in [0.1, 0.15) is 18.2 Å². The van der Waals surface area contributed by atoms with Crippen LogP contribution in [0, 0.1) is 5.82 Å². The number of esters is 1. The first-order chi connectivity index (χ1) is 12.2. The van der Waals surface area contributed by atoms with Crippen LogP contribution in [0.4, 0.5) is 9.52 Å². The van der Waals surface area contributed by atoms with Crippen molar-refractivity contribution < 1.29 is 13.9 Å². The van der Waals surface area contributed by atoms with Crippen LogP contribution >= 0.6 is 11.3 Å². The summed E-state index contributed by atoms with van der Waals surface area (Å²) in [7, 11) is 0. The highest BCUT2D eigenvalue weighted by Crippen LogP contribution is 2.19. The van der Waals surface area contributed by atoms with Gasteiger partial charge >= 0.3 is 5.97 Å². The molecule has 1 aromatic carbocycles. The molecule has 0 aliphatic rings. The Morgan fingerprint density at radius 1 is 1.44 bits per heavy atom. The molecule has 0 amide bonds. The van der Waals surface area contributed by atoms with Gasteiger partial charge in [-0.05, 0) is 31.2 Å². The van der Waals surface area contributed by atoms with Crippen molar-refractivity contribution >= 4 is 39.6 Å². The Bertz CT molecular complexity index is 926. The number of benzene rings is 1. The Balaban J connectivity index is 1.69. The third-order valence-corrected chi connectivity index (χ3v) is 4.09. The molecule has 3 aromatic rings. The summed E-state index contributed by atoms with van der Waals surface area (Å²) in [6.45, 7) is 2.10. The summed E-state index contributed by atoms with van der Waals surface area (Å²) in [5.41, 5.74) is 4.65. The SMILES string of the molecule is CCOC(=O)Cc1csc(NN=Cc2ccc(F)c3cccnc23)n1. The molecule has 0 spiro atoms. The average Bonchev–Trinajstić information content (AvgIpc) is 3.04. The quantitative estimate of drug-likeness (QED) is 0.415. The maximum atomic E-state index is 13.8. The minimum absolute atomic E-state index is 0.127. The predicted molar refractivity (Wildman–Crippen MR) is 95.4 cm³/mol. The second-order valence-electron chi connectivity index (χ2n) is 5.03. The highest BCUT2D eigenvalue weighted by Gasteiger charge is 2.08. The number of carbonyl (C=O) groups excluding carboxylic acids is 1. The number of halogens is 1. The molecule has 0 saturated carbocycles. The Kier molecular flexibility index (Phi) is 5.30. The number of hydrogen-bond donors (Lipinski definition) is 1. The Morgan fingerprint density at radius 3 is 3.16 bits per heavy atom. The fraction of sp³-hybridized carbons (Fsp3) is 0.176. The molecule has 0 fully saturated rings. The fourth-order valence-electron chi connectivity index (χ4n) is 2.22. The van der Waals surface area contributed by atoms with E-state index in [2.05, 4.69) is 20.5 Å². The Hall–Kier alpha value is -2.87. The first-order valence-electron chi connectivity index (χ1n) is 7.59. The van der Waals surface area contributed by atoms with Crippen LogP contribution in [0.15, 0.2) is 40.9 Å². The third-order valence-electron chi connectivity index (χ3n) is 3.29. The summed E-state index contributed by atoms with van der Waals surface area (Å²) in [5, 5.41) is 6.88. The van der Waals surface area contributed by atoms with Crippen molar-refractivity contribution in [2.45, 2.75) is 13.3 Å². The van der Waals surface area contributed by atoms with Crippen LogP contribution in [0.2, 0.25) is 0 Å². The number of ether oxygens (including phenoxy) is 1. The fourth-order valence-corrected chi connectivity index (χ4v) is 2.88. The van der Waals surface area contributed by atoms with Gasteiger partial charge < -0.3 is 4.74 Å². The lowest BCUT2D eigenvalue weighted by atomic mass is 10.1. The zero-order valence-electron chi connectivity index (χ0n) is 13.4. The molecule has 2 aromatic heterocycles. The van der Waals surface area contributed by atoms with E-state index in [1.807, 2.05) is 0 Å². The maximum absolute atomic E-state index is 13.8. The van der Waals surface area contributed by atoms with E-state index in [-0.39, 0.29) is 18.2 Å². The van der Waals surface area contributed by atoms with Gasteiger partial charge in [-0.15, -0.1) is 11.3 Å². The standard InChI is InChI=1S/C17H15FN4O2S/c1-2-24-15(23)8-12-10-25-17(21-12)22-20-9-11-5-6-14(18)13-4-3-7-19-16(11)13/h3-7,9-10H,2,8H2,1H3,(H,21,22). The number of hydrazone groups is 1. The molecule has 0 aliphatic carbocycles. The summed E-state index contributed by atoms with van der Waals surface area (Å²) in [6.07, 6.45) is 3.29. The number of pyridine rings is 1. The van der Waals surface area contributed by atoms with Crippen LogP contribution in [0.25, 0.3) is 10.9 Å². The number of thiazole rings is 1. The molecule has 128 valence electrons. The van der Waals surface area contributed by atoms with Crippen LogP contribution in [-0.2, 0) is 16.0 Å². The highest BCUT2D eigenvalue weighted by atomic mass is 32.1. The molecule has 0 radical (unpaired) electrons. The normalized spacial score (nSPS) is 11.1. The highest BCUT2D eigenvalue weighted by molar-refractivity contribution is 7.13. The number of nitrogens with zero attached hydrogens (tertiary/aromatic N) is 3. The van der Waals surface area contributed by atoms with Crippen molar-refractivity contribution in [2.75, 3.05) is 12.0 Å². The molecular weight excluding hydrogens is 343 g/mol. The first-order valence-corrected chi connectivity index (χ1v) is 8.47. The van der Waals surface area contributed by atoms with E-state index in [1.165, 1.54) is 17.4 Å². The third kappa shape index (κ3) is 4.16. The van der Waals surface area contributed by atoms with E-state index >= 15 is 0 Å². The van der Waals surface area contributed by atoms with Gasteiger partial charge in [0.2, 0.25) is 5.13 Å². The van der Waals surface area contributed by atoms with Gasteiger partial charge in [-0.2, -0.15) is 5.10 Å². The summed E-state index contributed by atoms with van der Waals surface area (Å²) < 4.78 is 18.7. The minimum atomic E-state index is -0.322. The number of nitrogens with one attached hydrogen (secondary N) is 1. The summed E-state index contributed by atoms with van der Waals surface area (Å²) >= 11 is 1.33. The Morgan fingerprint density at radius 2 is 2.32 bits per heavy atom. The van der Waals surface area contributed by atoms with Crippen LogP contribution in [-0.4, -0.2) is 28.8 Å². The van der Waals surface area contributed by atoms with Gasteiger partial charge in [-0.1, -0.05) is 0 Å². The number of aromatic nitrogens is 2. The summed E-state index contributed by atoms with van der Waals surface area (Å²) in [5.74, 6) is -0.636. The lowest BCUT2D eigenvalue weighted by Gasteiger charge is -2.02. The number of rotatable bonds is 6. The lowest BCUT2D eigenvalue weighted by molar-refractivity contribution is -0.142. The molecule has 0 unspecified atom stereocenters. The summed E-state index contributed by atoms with van der Waals surface area (Å²) in [4.78, 5) is 19.9. The molecule has 2 heterocycles. The van der Waals surface area contributed by atoms with Crippen molar-refractivity contribution in [1.29, 1.82) is 0 Å². The molecular formula is C17H15FN4O2S. The molecule has 3 rings (SSSR count). The summed E-state index contributed by atoms with van der Waals surface area (Å²) in [6, 6.07) is 6.35. The molecule has 0 atom stereocenters. The molecule has 0 aliphatic heterocycles. The zero-order valence-corrected chi connectivity index (χ0v) is 14.2. The van der Waals surface area contributed by atoms with E-state index in [0.717, 1.165) is 0 Å². The van der Waals surface area contributed by atoms with Crippen molar-refractivity contribution in [3.63, 3.8) is 0 Å². The number of fused-ring (bicyclic) bond motifs is 1. The van der Waals surface area contributed by atoms with E-state index < -0.39 is 0 Å². The first kappa shape index (κ1) is 17.0. The molecule has 0 saturated heterocycles. The van der Waals surface area contributed by atoms with Crippen LogP contribution in [0.3, 0.4) is 0 Å². The zero-order chi connectivity index (χ0) is 17.6. The average molecular weight is 358 g/mol. The molecule has 6 nitrogen and oxygen atoms in total. The minimum Gasteiger partial charge on any atom is -0.466 e. The second kappa shape index (κ2) is 7.80. The van der Waals surface area contributed by atoms with Gasteiger partial charge in [0.25, 0.3) is 0 Å². The number of anilines is 1. The van der Waals surface area contributed by atoms with E-state index in [4.69, 9.17) is 4.74 Å². The number of carbonyl (C=O) groups is 1. The molecule has 8 heteroatoms. The van der Waals surface area contributed by atoms with E-state index in [9.17, 15) is 9.18 Å². The second-order valence-corrected chi connectivity index (χ2v) is 5.89. The van der Waals surface area contributed by atoms with Crippen molar-refractivity contribution in [3.8, 4) is 0 Å². The van der Waals surface area contributed by atoms with Crippen LogP contribution < -0.4 is 5.43 Å². The van der Waals surface area contributed by atoms with Crippen molar-refractivity contribution in [2.24, 2.45) is 5.10 Å². The number of hydrogen-bond acceptors (Lipinski definition) is 7. The van der Waals surface area contributed by atoms with Gasteiger partial charge in [0.1, 0.15) is 5.82 Å². The van der Waals surface area contributed by atoms with Crippen molar-refractivity contribution in [1.82, 2.24) is 9.97 Å². The van der Waals surface area contributed by atoms with E-state index in [0.29, 0.717) is 33.9 Å².